The van der Waals surface area contributed by atoms with Crippen molar-refractivity contribution in [2.24, 2.45) is 11.8 Å². The molecule has 3 fully saturated rings. The van der Waals surface area contributed by atoms with E-state index in [9.17, 15) is 45.7 Å². The number of halogens is 3. The lowest BCUT2D eigenvalue weighted by molar-refractivity contribution is -0.250. The van der Waals surface area contributed by atoms with Crippen LogP contribution in [0.5, 0.6) is 0 Å². The highest BCUT2D eigenvalue weighted by Gasteiger charge is 2.64. The average molecular weight is 611 g/mol. The van der Waals surface area contributed by atoms with E-state index in [0.29, 0.717) is 6.42 Å². The minimum atomic E-state index is -4.06. The number of sulfone groups is 1. The number of alkyl halides is 1. The average Bonchev–Trinajstić information content (AvgIpc) is 2.88. The summed E-state index contributed by atoms with van der Waals surface area (Å²) in [4.78, 5) is 12.5. The van der Waals surface area contributed by atoms with E-state index in [0.717, 1.165) is 30.5 Å². The third-order valence-corrected chi connectivity index (χ3v) is 11.3. The van der Waals surface area contributed by atoms with Gasteiger partial charge in [-0.2, -0.15) is 0 Å². The van der Waals surface area contributed by atoms with Crippen molar-refractivity contribution in [2.75, 3.05) is 18.1 Å². The predicted molar refractivity (Wildman–Crippen MR) is 139 cm³/mol. The highest BCUT2D eigenvalue weighted by atomic mass is 35.5. The Hall–Kier alpha value is -1.94. The Bertz CT molecular complexity index is 1420. The Kier molecular flexibility index (Phi) is 8.32. The molecule has 0 spiro atoms. The second kappa shape index (κ2) is 10.8. The van der Waals surface area contributed by atoms with Crippen molar-refractivity contribution in [3.05, 3.63) is 52.5 Å². The van der Waals surface area contributed by atoms with Gasteiger partial charge in [-0.25, -0.2) is 30.3 Å². The van der Waals surface area contributed by atoms with Gasteiger partial charge in [-0.1, -0.05) is 6.08 Å². The summed E-state index contributed by atoms with van der Waals surface area (Å²) >= 11 is 6.33. The first-order chi connectivity index (χ1) is 18.0. The molecule has 0 aromatic heterocycles. The molecule has 15 heteroatoms. The zero-order valence-electron chi connectivity index (χ0n) is 20.7. The minimum Gasteiger partial charge on any atom is -0.389 e. The maximum Gasteiger partial charge on any atom is 0.255 e. The number of aliphatic hydroxyl groups is 3. The third-order valence-electron chi connectivity index (χ3n) is 7.72. The summed E-state index contributed by atoms with van der Waals surface area (Å²) in [5.41, 5.74) is -1.84. The van der Waals surface area contributed by atoms with Crippen molar-refractivity contribution < 1.29 is 45.7 Å². The Morgan fingerprint density at radius 1 is 1.13 bits per heavy atom. The molecular weight excluding hydrogens is 582 g/mol. The molecule has 4 aliphatic carbocycles. The monoisotopic (exact) mass is 610 g/mol. The number of anilines is 1. The Balaban J connectivity index is 1.47. The Morgan fingerprint density at radius 2 is 1.77 bits per heavy atom. The van der Waals surface area contributed by atoms with Crippen LogP contribution in [-0.2, 0) is 24.7 Å². The van der Waals surface area contributed by atoms with Crippen LogP contribution < -0.4 is 10.0 Å². The van der Waals surface area contributed by atoms with Gasteiger partial charge in [-0.15, -0.1) is 11.6 Å². The summed E-state index contributed by atoms with van der Waals surface area (Å²) in [6.45, 7) is -0.522. The number of carbonyl (C=O) groups excluding carboxylic acids is 1. The van der Waals surface area contributed by atoms with E-state index in [4.69, 9.17) is 11.6 Å². The molecule has 1 aromatic carbocycles. The van der Waals surface area contributed by atoms with E-state index >= 15 is 0 Å². The number of hydrogen-bond acceptors (Lipinski definition) is 8. The van der Waals surface area contributed by atoms with Gasteiger partial charge < -0.3 is 20.6 Å². The molecule has 5 atom stereocenters. The van der Waals surface area contributed by atoms with E-state index in [-0.39, 0.29) is 35.4 Å². The van der Waals surface area contributed by atoms with Crippen LogP contribution in [0.4, 0.5) is 14.5 Å². The number of fused-ring (bicyclic) bond motifs is 2. The summed E-state index contributed by atoms with van der Waals surface area (Å²) in [6.07, 6.45) is 0.496. The molecule has 1 amide bonds. The predicted octanol–water partition coefficient (Wildman–Crippen LogP) is 0.940. The van der Waals surface area contributed by atoms with Crippen LogP contribution in [0.3, 0.4) is 0 Å². The van der Waals surface area contributed by atoms with Crippen molar-refractivity contribution in [3.8, 4) is 0 Å². The molecule has 4 unspecified atom stereocenters. The fourth-order valence-electron chi connectivity index (χ4n) is 5.63. The summed E-state index contributed by atoms with van der Waals surface area (Å²) < 4.78 is 78.5. The number of sulfonamides is 1. The van der Waals surface area contributed by atoms with E-state index in [1.54, 1.807) is 0 Å². The molecule has 1 aromatic rings. The highest BCUT2D eigenvalue weighted by Crippen LogP contribution is 2.57. The van der Waals surface area contributed by atoms with Crippen LogP contribution in [0.1, 0.15) is 25.7 Å². The second-order valence-corrected chi connectivity index (χ2v) is 14.9. The van der Waals surface area contributed by atoms with Gasteiger partial charge in [0.1, 0.15) is 6.10 Å². The molecule has 216 valence electrons. The van der Waals surface area contributed by atoms with Gasteiger partial charge in [0.2, 0.25) is 10.0 Å². The van der Waals surface area contributed by atoms with Crippen LogP contribution in [0.15, 0.2) is 40.8 Å². The largest absolute Gasteiger partial charge is 0.389 e. The van der Waals surface area contributed by atoms with Gasteiger partial charge in [0.15, 0.2) is 21.5 Å². The van der Waals surface area contributed by atoms with Crippen LogP contribution in [0.2, 0.25) is 0 Å². The highest BCUT2D eigenvalue weighted by molar-refractivity contribution is 7.96. The van der Waals surface area contributed by atoms with Crippen LogP contribution in [0.25, 0.3) is 0 Å². The zero-order valence-corrected chi connectivity index (χ0v) is 23.1. The van der Waals surface area contributed by atoms with Crippen molar-refractivity contribution in [1.29, 1.82) is 0 Å². The lowest BCUT2D eigenvalue weighted by Gasteiger charge is -2.60. The number of nitrogens with one attached hydrogen (secondary N) is 2. The smallest absolute Gasteiger partial charge is 0.255 e. The standard InChI is InChI=1S/C24H29ClF2N2O8S2/c1-38(34,35)28-11-20(30)22(31)24(33)13-7-14(24)9-16(8-13)39(36,37)21-6-12(2-4-17(21)25)23(32)29-15-3-5-18(26)19(27)10-15/h2-3,5-6,10,13-14,16-17,20,22,28,30-31,33H,4,7-9,11H2,1H3,(H,29,32)/t13?,14?,16-,17?,20?,22-,24+/m0/s1. The summed E-state index contributed by atoms with van der Waals surface area (Å²) in [6, 6.07) is 2.79. The van der Waals surface area contributed by atoms with Gasteiger partial charge in [0.05, 0.1) is 33.5 Å². The molecule has 5 N–H and O–H groups in total. The topological polar surface area (TPSA) is 170 Å². The summed E-state index contributed by atoms with van der Waals surface area (Å²) in [7, 11) is -7.71. The van der Waals surface area contributed by atoms with Gasteiger partial charge in [0, 0.05) is 23.9 Å². The normalized spacial score (nSPS) is 30.4. The number of allylic oxidation sites excluding steroid dienone is 2. The van der Waals surface area contributed by atoms with Crippen molar-refractivity contribution >= 4 is 43.1 Å². The maximum absolute atomic E-state index is 13.6. The van der Waals surface area contributed by atoms with Gasteiger partial charge in [-0.3, -0.25) is 4.79 Å². The van der Waals surface area contributed by atoms with Crippen molar-refractivity contribution in [2.45, 2.75) is 54.1 Å². The SMILES string of the molecule is CS(=O)(=O)NCC(O)[C@H](O)[C@]1(O)C2CC1C[C@H](S(=O)(=O)C1=CC(C(=O)Nc3ccc(F)c(F)c3)=CCC1Cl)C2. The number of rotatable bonds is 9. The van der Waals surface area contributed by atoms with E-state index in [2.05, 4.69) is 10.0 Å². The number of benzene rings is 1. The van der Waals surface area contributed by atoms with Crippen LogP contribution >= 0.6 is 11.6 Å². The van der Waals surface area contributed by atoms with Crippen LogP contribution in [-0.4, -0.2) is 79.3 Å². The molecule has 5 rings (SSSR count). The summed E-state index contributed by atoms with van der Waals surface area (Å²) in [5, 5.41) is 32.5. The first kappa shape index (κ1) is 30.0. The van der Waals surface area contributed by atoms with Crippen molar-refractivity contribution in [3.63, 3.8) is 0 Å². The van der Waals surface area contributed by atoms with Crippen molar-refractivity contribution in [1.82, 2.24) is 4.72 Å². The third kappa shape index (κ3) is 5.92. The lowest BCUT2D eigenvalue weighted by Crippen LogP contribution is -2.70. The number of hydrogen-bond donors (Lipinski definition) is 5. The van der Waals surface area contributed by atoms with E-state index < -0.39 is 84.2 Å². The molecule has 10 nitrogen and oxygen atoms in total. The van der Waals surface area contributed by atoms with Gasteiger partial charge in [0.25, 0.3) is 5.91 Å². The van der Waals surface area contributed by atoms with E-state index in [1.165, 1.54) is 6.08 Å². The lowest BCUT2D eigenvalue weighted by atomic mass is 9.51. The quantitative estimate of drug-likeness (QED) is 0.257. The Morgan fingerprint density at radius 3 is 2.36 bits per heavy atom. The fraction of sp³-hybridized carbons (Fsp3) is 0.542. The second-order valence-electron chi connectivity index (χ2n) is 10.3. The van der Waals surface area contributed by atoms with Crippen LogP contribution in [0, 0.1) is 23.5 Å². The maximum atomic E-state index is 13.6. The molecular formula is C24H29ClF2N2O8S2. The molecule has 4 aliphatic rings. The van der Waals surface area contributed by atoms with Gasteiger partial charge in [-0.05, 0) is 55.7 Å². The van der Waals surface area contributed by atoms with Gasteiger partial charge >= 0.3 is 0 Å². The molecule has 3 saturated carbocycles. The molecule has 0 heterocycles. The summed E-state index contributed by atoms with van der Waals surface area (Å²) in [5.74, 6) is -4.34. The number of carbonyl (C=O) groups is 1. The Labute approximate surface area is 229 Å². The molecule has 0 radical (unpaired) electrons. The molecule has 2 bridgehead atoms. The first-order valence-corrected chi connectivity index (χ1v) is 16.0. The minimum absolute atomic E-state index is 0.0227. The molecule has 0 saturated heterocycles. The molecule has 0 aliphatic heterocycles. The molecule has 39 heavy (non-hydrogen) atoms. The number of aliphatic hydroxyl groups excluding tert-OH is 2. The van der Waals surface area contributed by atoms with E-state index in [1.807, 2.05) is 0 Å². The fourth-order valence-corrected chi connectivity index (χ4v) is 8.72. The first-order valence-electron chi connectivity index (χ1n) is 12.1. The zero-order chi connectivity index (χ0) is 28.9. The number of amides is 1.